The van der Waals surface area contributed by atoms with E-state index in [1.165, 1.54) is 18.2 Å². The standard InChI is InChI=1S/C31H31F2N7O/c1-41-23-7-11-39(17-23)22-4-5-26(25(33)15-22)40-29(20-2-3-21(16-34)24(32)14-20)37-28-27(6-10-36-30(28)40)38-12-8-31(9-13-38)18-35-19-31/h2-6,10,14-15,23,35H,7-9,11-13,17-19H2,1H3. The molecule has 0 aliphatic carbocycles. The van der Waals surface area contributed by atoms with Crippen molar-refractivity contribution < 1.29 is 13.5 Å². The Morgan fingerprint density at radius 3 is 2.49 bits per heavy atom. The van der Waals surface area contributed by atoms with Crippen LogP contribution in [0.1, 0.15) is 24.8 Å². The van der Waals surface area contributed by atoms with Gasteiger partial charge < -0.3 is 19.9 Å². The van der Waals surface area contributed by atoms with Gasteiger partial charge >= 0.3 is 0 Å². The molecule has 3 saturated heterocycles. The SMILES string of the molecule is COC1CCN(c2ccc(-n3c(-c4ccc(C#N)c(F)c4)nc4c(N5CCC6(CC5)CNC6)ccnc43)c(F)c2)C1. The molecule has 5 heterocycles. The average Bonchev–Trinajstić information content (AvgIpc) is 3.62. The van der Waals surface area contributed by atoms with Gasteiger partial charge in [-0.25, -0.2) is 18.7 Å². The molecule has 1 spiro atoms. The number of pyridine rings is 1. The van der Waals surface area contributed by atoms with Gasteiger partial charge in [-0.15, -0.1) is 0 Å². The molecule has 41 heavy (non-hydrogen) atoms. The van der Waals surface area contributed by atoms with Gasteiger partial charge in [0, 0.05) is 63.8 Å². The number of nitrogens with one attached hydrogen (secondary N) is 1. The van der Waals surface area contributed by atoms with Gasteiger partial charge in [0.2, 0.25) is 0 Å². The van der Waals surface area contributed by atoms with E-state index >= 15 is 4.39 Å². The lowest BCUT2D eigenvalue weighted by molar-refractivity contribution is 0.121. The van der Waals surface area contributed by atoms with Gasteiger partial charge in [-0.1, -0.05) is 0 Å². The van der Waals surface area contributed by atoms with E-state index < -0.39 is 11.6 Å². The average molecular weight is 556 g/mol. The van der Waals surface area contributed by atoms with Crippen LogP contribution in [0.3, 0.4) is 0 Å². The lowest BCUT2D eigenvalue weighted by Gasteiger charge is -2.48. The van der Waals surface area contributed by atoms with E-state index in [1.54, 1.807) is 30.0 Å². The maximum absolute atomic E-state index is 16.0. The second-order valence-corrected chi connectivity index (χ2v) is 11.4. The number of nitrogens with zero attached hydrogens (tertiary/aromatic N) is 6. The zero-order valence-corrected chi connectivity index (χ0v) is 22.9. The van der Waals surface area contributed by atoms with Crippen LogP contribution in [0.15, 0.2) is 48.7 Å². The first kappa shape index (κ1) is 25.9. The summed E-state index contributed by atoms with van der Waals surface area (Å²) in [6, 6.07) is 13.3. The fourth-order valence-corrected chi connectivity index (χ4v) is 6.47. The first-order chi connectivity index (χ1) is 20.0. The summed E-state index contributed by atoms with van der Waals surface area (Å²) in [5, 5.41) is 12.7. The number of piperidine rings is 1. The molecule has 0 amide bonds. The molecule has 210 valence electrons. The third kappa shape index (κ3) is 4.40. The van der Waals surface area contributed by atoms with Gasteiger partial charge in [0.25, 0.3) is 0 Å². The molecule has 1 atom stereocenters. The summed E-state index contributed by atoms with van der Waals surface area (Å²) in [6.07, 6.45) is 4.93. The number of methoxy groups -OCH3 is 1. The molecule has 3 aliphatic rings. The highest BCUT2D eigenvalue weighted by Crippen LogP contribution is 2.39. The third-order valence-electron chi connectivity index (χ3n) is 9.05. The van der Waals surface area contributed by atoms with E-state index in [-0.39, 0.29) is 17.4 Å². The summed E-state index contributed by atoms with van der Waals surface area (Å²) in [6.45, 7) is 5.42. The van der Waals surface area contributed by atoms with Crippen molar-refractivity contribution in [3.8, 4) is 23.1 Å². The van der Waals surface area contributed by atoms with Crippen LogP contribution in [-0.4, -0.2) is 67.0 Å². The Morgan fingerprint density at radius 1 is 1.00 bits per heavy atom. The smallest absolute Gasteiger partial charge is 0.167 e. The zero-order valence-electron chi connectivity index (χ0n) is 22.9. The molecule has 0 saturated carbocycles. The molecule has 1 N–H and O–H groups in total. The Morgan fingerprint density at radius 2 is 1.83 bits per heavy atom. The normalized spacial score (nSPS) is 20.0. The minimum atomic E-state index is -0.648. The predicted octanol–water partition coefficient (Wildman–Crippen LogP) is 4.65. The van der Waals surface area contributed by atoms with Crippen LogP contribution in [0, 0.1) is 28.4 Å². The van der Waals surface area contributed by atoms with E-state index in [0.29, 0.717) is 34.5 Å². The molecule has 10 heteroatoms. The number of hydrogen-bond donors (Lipinski definition) is 1. The number of ether oxygens (including phenoxy) is 1. The van der Waals surface area contributed by atoms with Crippen molar-refractivity contribution in [2.75, 3.05) is 56.2 Å². The van der Waals surface area contributed by atoms with Gasteiger partial charge in [0.15, 0.2) is 5.65 Å². The first-order valence-electron chi connectivity index (χ1n) is 14.1. The Kier molecular flexibility index (Phi) is 6.36. The molecule has 0 bridgehead atoms. The van der Waals surface area contributed by atoms with E-state index in [9.17, 15) is 9.65 Å². The quantitative estimate of drug-likeness (QED) is 0.384. The Hall–Kier alpha value is -4.07. The second-order valence-electron chi connectivity index (χ2n) is 11.4. The first-order valence-corrected chi connectivity index (χ1v) is 14.1. The molecule has 2 aromatic carbocycles. The summed E-state index contributed by atoms with van der Waals surface area (Å²) in [7, 11) is 1.70. The van der Waals surface area contributed by atoms with E-state index in [4.69, 9.17) is 9.72 Å². The lowest BCUT2D eigenvalue weighted by Crippen LogP contribution is -2.58. The van der Waals surface area contributed by atoms with Crippen molar-refractivity contribution in [3.05, 3.63) is 65.9 Å². The summed E-state index contributed by atoms with van der Waals surface area (Å²) >= 11 is 0. The van der Waals surface area contributed by atoms with Crippen molar-refractivity contribution in [3.63, 3.8) is 0 Å². The highest BCUT2D eigenvalue weighted by Gasteiger charge is 2.40. The van der Waals surface area contributed by atoms with Crippen LogP contribution in [0.25, 0.3) is 28.2 Å². The Bertz CT molecular complexity index is 1670. The van der Waals surface area contributed by atoms with Gasteiger partial charge in [0.05, 0.1) is 23.0 Å². The largest absolute Gasteiger partial charge is 0.380 e. The molecule has 3 aliphatic heterocycles. The topological polar surface area (TPSA) is 82.2 Å². The van der Waals surface area contributed by atoms with E-state index in [1.807, 2.05) is 18.2 Å². The van der Waals surface area contributed by atoms with Crippen LogP contribution >= 0.6 is 0 Å². The number of halogens is 2. The second kappa shape index (κ2) is 10.1. The highest BCUT2D eigenvalue weighted by atomic mass is 19.1. The van der Waals surface area contributed by atoms with Crippen LogP contribution in [0.2, 0.25) is 0 Å². The molecule has 4 aromatic rings. The maximum Gasteiger partial charge on any atom is 0.167 e. The van der Waals surface area contributed by atoms with Gasteiger partial charge in [-0.3, -0.25) is 4.57 Å². The summed E-state index contributed by atoms with van der Waals surface area (Å²) in [5.74, 6) is -0.709. The van der Waals surface area contributed by atoms with Crippen LogP contribution in [-0.2, 0) is 4.74 Å². The monoisotopic (exact) mass is 555 g/mol. The number of aromatic nitrogens is 3. The number of imidazole rings is 1. The van der Waals surface area contributed by atoms with Gasteiger partial charge in [-0.05, 0) is 67.1 Å². The Balaban J connectivity index is 1.34. The Labute approximate surface area is 237 Å². The maximum atomic E-state index is 16.0. The van der Waals surface area contributed by atoms with Crippen molar-refractivity contribution in [2.45, 2.75) is 25.4 Å². The van der Waals surface area contributed by atoms with E-state index in [0.717, 1.165) is 63.4 Å². The minimum Gasteiger partial charge on any atom is -0.380 e. The van der Waals surface area contributed by atoms with Crippen molar-refractivity contribution in [1.29, 1.82) is 5.26 Å². The fourth-order valence-electron chi connectivity index (χ4n) is 6.47. The summed E-state index contributed by atoms with van der Waals surface area (Å²) in [5.41, 5.74) is 3.90. The van der Waals surface area contributed by atoms with Crippen LogP contribution < -0.4 is 15.1 Å². The number of hydrogen-bond acceptors (Lipinski definition) is 7. The van der Waals surface area contributed by atoms with Crippen molar-refractivity contribution in [2.24, 2.45) is 5.41 Å². The lowest BCUT2D eigenvalue weighted by atomic mass is 9.73. The van der Waals surface area contributed by atoms with Gasteiger partial charge in [-0.2, -0.15) is 5.26 Å². The molecule has 2 aromatic heterocycles. The third-order valence-corrected chi connectivity index (χ3v) is 9.05. The van der Waals surface area contributed by atoms with Crippen molar-refractivity contribution >= 4 is 22.5 Å². The number of nitriles is 1. The summed E-state index contributed by atoms with van der Waals surface area (Å²) < 4.78 is 37.9. The zero-order chi connectivity index (χ0) is 28.1. The van der Waals surface area contributed by atoms with Crippen molar-refractivity contribution in [1.82, 2.24) is 19.9 Å². The molecule has 8 nitrogen and oxygen atoms in total. The van der Waals surface area contributed by atoms with Crippen LogP contribution in [0.4, 0.5) is 20.2 Å². The number of anilines is 2. The number of benzene rings is 2. The molecule has 7 rings (SSSR count). The van der Waals surface area contributed by atoms with Crippen LogP contribution in [0.5, 0.6) is 0 Å². The predicted molar refractivity (Wildman–Crippen MR) is 153 cm³/mol. The van der Waals surface area contributed by atoms with Gasteiger partial charge in [0.1, 0.15) is 29.0 Å². The number of fused-ring (bicyclic) bond motifs is 1. The summed E-state index contributed by atoms with van der Waals surface area (Å²) in [4.78, 5) is 14.1. The fraction of sp³-hybridized carbons (Fsp3) is 0.387. The molecular weight excluding hydrogens is 524 g/mol. The minimum absolute atomic E-state index is 0.0570. The highest BCUT2D eigenvalue weighted by molar-refractivity contribution is 5.90. The molecule has 3 fully saturated rings. The van der Waals surface area contributed by atoms with E-state index in [2.05, 4.69) is 20.1 Å². The molecule has 0 radical (unpaired) electrons. The molecule has 1 unspecified atom stereocenters. The number of rotatable bonds is 5. The molecular formula is C31H31F2N7O.